The van der Waals surface area contributed by atoms with Gasteiger partial charge in [0.15, 0.2) is 0 Å². The van der Waals surface area contributed by atoms with Crippen LogP contribution in [0.1, 0.15) is 51.2 Å². The van der Waals surface area contributed by atoms with Gasteiger partial charge >= 0.3 is 5.97 Å². The van der Waals surface area contributed by atoms with Gasteiger partial charge in [0.25, 0.3) is 0 Å². The number of fused-ring (bicyclic) bond motifs is 1. The van der Waals surface area contributed by atoms with Gasteiger partial charge in [-0.2, -0.15) is 0 Å². The fraction of sp³-hybridized carbons (Fsp3) is 0.458. The zero-order valence-corrected chi connectivity index (χ0v) is 19.2. The second kappa shape index (κ2) is 9.75. The third-order valence-electron chi connectivity index (χ3n) is 5.13. The number of ether oxygens (including phenoxy) is 2. The molecule has 2 aromatic carbocycles. The lowest BCUT2D eigenvalue weighted by Crippen LogP contribution is -2.46. The number of rotatable bonds is 6. The number of nitrogens with zero attached hydrogens (tertiary/aromatic N) is 1. The van der Waals surface area contributed by atoms with Crippen molar-refractivity contribution in [2.24, 2.45) is 5.73 Å². The highest BCUT2D eigenvalue weighted by Gasteiger charge is 2.28. The Morgan fingerprint density at radius 3 is 2.55 bits per heavy atom. The van der Waals surface area contributed by atoms with E-state index in [1.165, 1.54) is 0 Å². The molecule has 0 aliphatic carbocycles. The maximum atomic E-state index is 13.0. The van der Waals surface area contributed by atoms with Crippen molar-refractivity contribution in [2.75, 3.05) is 13.2 Å². The fourth-order valence-electron chi connectivity index (χ4n) is 3.73. The number of likely N-dealkylation sites (tertiary alicyclic amines) is 1. The normalized spacial score (nSPS) is 16.9. The maximum absolute atomic E-state index is 13.0. The van der Waals surface area contributed by atoms with Gasteiger partial charge in [-0.3, -0.25) is 4.79 Å². The van der Waals surface area contributed by atoms with Crippen molar-refractivity contribution >= 4 is 39.9 Å². The summed E-state index contributed by atoms with van der Waals surface area (Å²) in [4.78, 5) is 27.1. The van der Waals surface area contributed by atoms with Gasteiger partial charge in [-0.1, -0.05) is 42.5 Å². The number of hydrogen-bond donors (Lipinski definition) is 1. The van der Waals surface area contributed by atoms with Gasteiger partial charge in [0.2, 0.25) is 5.91 Å². The molecule has 1 aliphatic heterocycles. The molecule has 1 unspecified atom stereocenters. The van der Waals surface area contributed by atoms with Crippen molar-refractivity contribution in [1.82, 2.24) is 4.90 Å². The Bertz CT molecular complexity index is 983. The third-order valence-corrected chi connectivity index (χ3v) is 5.36. The van der Waals surface area contributed by atoms with Crippen LogP contribution >= 0.6 is 12.2 Å². The van der Waals surface area contributed by atoms with Crippen LogP contribution in [-0.2, 0) is 25.5 Å². The van der Waals surface area contributed by atoms with Gasteiger partial charge in [-0.15, -0.1) is 0 Å². The zero-order valence-electron chi connectivity index (χ0n) is 18.3. The van der Waals surface area contributed by atoms with Gasteiger partial charge in [-0.25, -0.2) is 4.79 Å². The first-order valence-corrected chi connectivity index (χ1v) is 11.0. The van der Waals surface area contributed by atoms with Gasteiger partial charge in [0.1, 0.15) is 23.4 Å². The van der Waals surface area contributed by atoms with E-state index in [1.807, 2.05) is 57.2 Å². The Morgan fingerprint density at radius 1 is 1.13 bits per heavy atom. The number of amides is 1. The van der Waals surface area contributed by atoms with Crippen LogP contribution in [0.4, 0.5) is 0 Å². The molecule has 7 heteroatoms. The van der Waals surface area contributed by atoms with E-state index in [4.69, 9.17) is 27.4 Å². The molecular weight excluding hydrogens is 412 g/mol. The van der Waals surface area contributed by atoms with E-state index in [2.05, 4.69) is 0 Å². The summed E-state index contributed by atoms with van der Waals surface area (Å²) in [6.45, 7) is 5.91. The number of carbonyl (C=O) groups excluding carboxylic acids is 2. The molecule has 1 amide bonds. The molecule has 0 radical (unpaired) electrons. The summed E-state index contributed by atoms with van der Waals surface area (Å²) in [5.74, 6) is -0.427. The summed E-state index contributed by atoms with van der Waals surface area (Å²) in [6.07, 6.45) is 2.48. The van der Waals surface area contributed by atoms with E-state index < -0.39 is 17.8 Å². The number of carbonyl (C=O) groups is 2. The molecule has 6 nitrogen and oxygen atoms in total. The standard InChI is InChI=1S/C24H30N2O4S/c1-24(2,3)30-22(28)15-29-21-6-4-5-11-26(21)20(27)13-16-7-8-18-14-19(23(25)31)10-9-17(18)12-16/h7-10,12,14,21H,4-6,11,13,15H2,1-3H3,(H2,25,31). The number of esters is 1. The lowest BCUT2D eigenvalue weighted by Gasteiger charge is -2.35. The highest BCUT2D eigenvalue weighted by Crippen LogP contribution is 2.22. The average molecular weight is 443 g/mol. The molecule has 1 atom stereocenters. The summed E-state index contributed by atoms with van der Waals surface area (Å²) < 4.78 is 11.1. The van der Waals surface area contributed by atoms with Crippen LogP contribution in [0, 0.1) is 0 Å². The fourth-order valence-corrected chi connectivity index (χ4v) is 3.86. The molecule has 166 valence electrons. The molecule has 0 saturated carbocycles. The smallest absolute Gasteiger partial charge is 0.332 e. The van der Waals surface area contributed by atoms with E-state index >= 15 is 0 Å². The molecule has 2 N–H and O–H groups in total. The second-order valence-corrected chi connectivity index (χ2v) is 9.31. The van der Waals surface area contributed by atoms with Crippen LogP contribution in [0.2, 0.25) is 0 Å². The largest absolute Gasteiger partial charge is 0.458 e. The number of nitrogens with two attached hydrogens (primary N) is 1. The van der Waals surface area contributed by atoms with E-state index in [0.29, 0.717) is 18.0 Å². The van der Waals surface area contributed by atoms with Crippen LogP contribution in [0.3, 0.4) is 0 Å². The SMILES string of the molecule is CC(C)(C)OC(=O)COC1CCCCN1C(=O)Cc1ccc2cc(C(N)=S)ccc2c1. The summed E-state index contributed by atoms with van der Waals surface area (Å²) in [5, 5.41) is 2.06. The van der Waals surface area contributed by atoms with Gasteiger partial charge < -0.3 is 20.1 Å². The van der Waals surface area contributed by atoms with E-state index in [-0.39, 0.29) is 18.9 Å². The summed E-state index contributed by atoms with van der Waals surface area (Å²) in [5.41, 5.74) is 6.90. The van der Waals surface area contributed by atoms with Gasteiger partial charge in [0.05, 0.1) is 6.42 Å². The molecule has 3 rings (SSSR count). The molecular formula is C24H30N2O4S. The van der Waals surface area contributed by atoms with Crippen molar-refractivity contribution in [3.8, 4) is 0 Å². The highest BCUT2D eigenvalue weighted by molar-refractivity contribution is 7.80. The lowest BCUT2D eigenvalue weighted by atomic mass is 10.0. The van der Waals surface area contributed by atoms with Crippen LogP contribution in [0.25, 0.3) is 10.8 Å². The van der Waals surface area contributed by atoms with E-state index in [9.17, 15) is 9.59 Å². The van der Waals surface area contributed by atoms with Crippen molar-refractivity contribution in [3.05, 3.63) is 47.5 Å². The second-order valence-electron chi connectivity index (χ2n) is 8.87. The molecule has 1 aliphatic rings. The van der Waals surface area contributed by atoms with Crippen molar-refractivity contribution in [3.63, 3.8) is 0 Å². The monoisotopic (exact) mass is 442 g/mol. The summed E-state index contributed by atoms with van der Waals surface area (Å²) in [7, 11) is 0. The van der Waals surface area contributed by atoms with Gasteiger partial charge in [-0.05, 0) is 62.4 Å². The van der Waals surface area contributed by atoms with E-state index in [0.717, 1.165) is 34.7 Å². The topological polar surface area (TPSA) is 81.9 Å². The first kappa shape index (κ1) is 23.2. The maximum Gasteiger partial charge on any atom is 0.332 e. The Kier molecular flexibility index (Phi) is 7.28. The van der Waals surface area contributed by atoms with Crippen LogP contribution in [0.15, 0.2) is 36.4 Å². The van der Waals surface area contributed by atoms with Crippen molar-refractivity contribution in [1.29, 1.82) is 0 Å². The molecule has 1 fully saturated rings. The Labute approximate surface area is 188 Å². The number of thiocarbonyl (C=S) groups is 1. The van der Waals surface area contributed by atoms with Crippen molar-refractivity contribution in [2.45, 2.75) is 58.3 Å². The zero-order chi connectivity index (χ0) is 22.6. The van der Waals surface area contributed by atoms with Crippen LogP contribution in [-0.4, -0.2) is 46.7 Å². The number of hydrogen-bond acceptors (Lipinski definition) is 5. The van der Waals surface area contributed by atoms with Crippen LogP contribution in [0.5, 0.6) is 0 Å². The molecule has 0 spiro atoms. The molecule has 0 bridgehead atoms. The third kappa shape index (κ3) is 6.48. The Hall–Kier alpha value is -2.51. The number of piperidine rings is 1. The molecule has 31 heavy (non-hydrogen) atoms. The highest BCUT2D eigenvalue weighted by atomic mass is 32.1. The lowest BCUT2D eigenvalue weighted by molar-refractivity contribution is -0.172. The van der Waals surface area contributed by atoms with Crippen molar-refractivity contribution < 1.29 is 19.1 Å². The minimum atomic E-state index is -0.561. The molecule has 1 saturated heterocycles. The first-order valence-electron chi connectivity index (χ1n) is 10.6. The molecule has 1 heterocycles. The molecule has 0 aromatic heterocycles. The quantitative estimate of drug-likeness (QED) is 0.542. The van der Waals surface area contributed by atoms with E-state index in [1.54, 1.807) is 4.90 Å². The summed E-state index contributed by atoms with van der Waals surface area (Å²) >= 11 is 5.04. The number of benzene rings is 2. The predicted octanol–water partition coefficient (Wildman–Crippen LogP) is 3.71. The Balaban J connectivity index is 1.65. The summed E-state index contributed by atoms with van der Waals surface area (Å²) in [6, 6.07) is 11.7. The minimum Gasteiger partial charge on any atom is -0.458 e. The van der Waals surface area contributed by atoms with Gasteiger partial charge in [0, 0.05) is 12.1 Å². The minimum absolute atomic E-state index is 0.00649. The predicted molar refractivity (Wildman–Crippen MR) is 125 cm³/mol. The first-order chi connectivity index (χ1) is 14.6. The van der Waals surface area contributed by atoms with Crippen LogP contribution < -0.4 is 5.73 Å². The average Bonchev–Trinajstić information content (AvgIpc) is 2.70. The molecule has 2 aromatic rings. The Morgan fingerprint density at radius 2 is 1.84 bits per heavy atom.